The summed E-state index contributed by atoms with van der Waals surface area (Å²) in [6.07, 6.45) is -0.513. The molecule has 5 atom stereocenters. The van der Waals surface area contributed by atoms with E-state index in [2.05, 4.69) is 95.1 Å². The van der Waals surface area contributed by atoms with Gasteiger partial charge in [0.05, 0.1) is 39.3 Å². The first-order valence-electron chi connectivity index (χ1n) is 20.3. The number of hydrogen-bond acceptors (Lipinski definition) is 9. The zero-order valence-corrected chi connectivity index (χ0v) is 33.9. The van der Waals surface area contributed by atoms with Gasteiger partial charge in [-0.25, -0.2) is 0 Å². The number of nitrogens with zero attached hydrogens (tertiary/aromatic N) is 2. The average molecular weight is 815 g/mol. The Bertz CT molecular complexity index is 2520. The maximum Gasteiger partial charge on any atom is 0.183 e. The zero-order chi connectivity index (χ0) is 40.4. The van der Waals surface area contributed by atoms with E-state index in [1.54, 1.807) is 6.26 Å². The smallest absolute Gasteiger partial charge is 0.183 e. The summed E-state index contributed by atoms with van der Waals surface area (Å²) >= 11 is 1.53. The molecule has 0 amide bonds. The molecule has 0 saturated carbocycles. The van der Waals surface area contributed by atoms with Crippen LogP contribution in [-0.2, 0) is 56.5 Å². The highest BCUT2D eigenvalue weighted by atomic mass is 32.1. The molecule has 1 fully saturated rings. The largest absolute Gasteiger partial charge is 0.462 e. The molecule has 0 unspecified atom stereocenters. The van der Waals surface area contributed by atoms with Crippen LogP contribution in [-0.4, -0.2) is 41.2 Å². The molecule has 1 aliphatic heterocycles. The Morgan fingerprint density at radius 2 is 1.08 bits per heavy atom. The van der Waals surface area contributed by atoms with E-state index in [1.807, 2.05) is 84.9 Å². The van der Waals surface area contributed by atoms with E-state index >= 15 is 0 Å². The number of fused-ring (bicyclic) bond motifs is 1. The van der Waals surface area contributed by atoms with Crippen LogP contribution < -0.4 is 0 Å². The number of rotatable bonds is 17. The summed E-state index contributed by atoms with van der Waals surface area (Å²) in [5, 5.41) is 12.8. The summed E-state index contributed by atoms with van der Waals surface area (Å²) in [6, 6.07) is 57.6. The Morgan fingerprint density at radius 3 is 1.70 bits per heavy atom. The predicted molar refractivity (Wildman–Crippen MR) is 233 cm³/mol. The molecule has 0 bridgehead atoms. The first-order valence-corrected chi connectivity index (χ1v) is 21.2. The van der Waals surface area contributed by atoms with Crippen molar-refractivity contribution in [1.82, 2.24) is 10.2 Å². The van der Waals surface area contributed by atoms with E-state index in [9.17, 15) is 0 Å². The van der Waals surface area contributed by atoms with Crippen LogP contribution >= 0.6 is 11.3 Å². The molecule has 0 N–H and O–H groups in total. The second kappa shape index (κ2) is 19.5. The van der Waals surface area contributed by atoms with Crippen LogP contribution in [0.2, 0.25) is 0 Å². The summed E-state index contributed by atoms with van der Waals surface area (Å²) in [4.78, 5) is 0. The van der Waals surface area contributed by atoms with Gasteiger partial charge in [0.15, 0.2) is 10.8 Å². The Kier molecular flexibility index (Phi) is 12.9. The second-order valence-corrected chi connectivity index (χ2v) is 16.0. The molecule has 0 aliphatic carbocycles. The highest BCUT2D eigenvalue weighted by Crippen LogP contribution is 2.42. The van der Waals surface area contributed by atoms with Crippen molar-refractivity contribution < 1.29 is 28.1 Å². The molecule has 1 aliphatic rings. The van der Waals surface area contributed by atoms with E-state index < -0.39 is 30.5 Å². The highest BCUT2D eigenvalue weighted by molar-refractivity contribution is 7.14. The first-order chi connectivity index (χ1) is 29.7. The lowest BCUT2D eigenvalue weighted by atomic mass is 9.87. The van der Waals surface area contributed by atoms with Gasteiger partial charge in [-0.3, -0.25) is 0 Å². The molecule has 0 spiro atoms. The molecule has 9 heteroatoms. The van der Waals surface area contributed by atoms with E-state index in [0.717, 1.165) is 54.2 Å². The predicted octanol–water partition coefficient (Wildman–Crippen LogP) is 11.0. The van der Waals surface area contributed by atoms with Crippen LogP contribution in [0.25, 0.3) is 21.5 Å². The van der Waals surface area contributed by atoms with Crippen LogP contribution in [0.4, 0.5) is 0 Å². The van der Waals surface area contributed by atoms with E-state index in [-0.39, 0.29) is 6.61 Å². The number of ether oxygens (including phenoxy) is 5. The summed E-state index contributed by atoms with van der Waals surface area (Å²) in [6.45, 7) is 1.79. The van der Waals surface area contributed by atoms with Gasteiger partial charge in [-0.05, 0) is 56.3 Å². The SMILES string of the molecule is c1ccc(COC[C@H]2O[C@@H](c3cc(Cc4nnc(-c5ccco5)s4)cc4ccccc34)[C@H](OCc3ccccc3)[C@@H](OCc3ccccc3)[C@@H]2OCc2ccccc2)cc1. The normalized spacial score (nSPS) is 19.1. The van der Waals surface area contributed by atoms with Crippen molar-refractivity contribution in [3.05, 3.63) is 215 Å². The van der Waals surface area contributed by atoms with Crippen molar-refractivity contribution in [2.45, 2.75) is 63.4 Å². The Hall–Kier alpha value is -5.78. The fourth-order valence-corrected chi connectivity index (χ4v) is 8.62. The number of furan rings is 1. The van der Waals surface area contributed by atoms with Crippen LogP contribution in [0.15, 0.2) is 181 Å². The third kappa shape index (κ3) is 9.80. The molecule has 3 heterocycles. The minimum absolute atomic E-state index is 0.277. The monoisotopic (exact) mass is 814 g/mol. The van der Waals surface area contributed by atoms with Crippen LogP contribution in [0, 0.1) is 0 Å². The molecule has 0 radical (unpaired) electrons. The molecular formula is C51H46N2O6S. The molecular weight excluding hydrogens is 769 g/mol. The van der Waals surface area contributed by atoms with Crippen molar-refractivity contribution in [3.8, 4) is 10.8 Å². The van der Waals surface area contributed by atoms with Gasteiger partial charge in [-0.2, -0.15) is 0 Å². The van der Waals surface area contributed by atoms with E-state index in [0.29, 0.717) is 38.6 Å². The van der Waals surface area contributed by atoms with Gasteiger partial charge in [0.2, 0.25) is 0 Å². The van der Waals surface area contributed by atoms with Gasteiger partial charge in [-0.15, -0.1) is 10.2 Å². The van der Waals surface area contributed by atoms with Gasteiger partial charge in [-0.1, -0.05) is 169 Å². The molecule has 6 aromatic carbocycles. The molecule has 302 valence electrons. The lowest BCUT2D eigenvalue weighted by Crippen LogP contribution is -2.58. The second-order valence-electron chi connectivity index (χ2n) is 14.9. The van der Waals surface area contributed by atoms with Crippen molar-refractivity contribution in [1.29, 1.82) is 0 Å². The number of hydrogen-bond donors (Lipinski definition) is 0. The minimum Gasteiger partial charge on any atom is -0.462 e. The minimum atomic E-state index is -0.578. The summed E-state index contributed by atoms with van der Waals surface area (Å²) in [7, 11) is 0. The van der Waals surface area contributed by atoms with E-state index in [1.165, 1.54) is 11.3 Å². The third-order valence-corrected chi connectivity index (χ3v) is 11.6. The maximum atomic E-state index is 7.37. The fraction of sp³-hybridized carbons (Fsp3) is 0.216. The topological polar surface area (TPSA) is 85.1 Å². The highest BCUT2D eigenvalue weighted by Gasteiger charge is 2.49. The maximum absolute atomic E-state index is 7.37. The van der Waals surface area contributed by atoms with Gasteiger partial charge in [0.1, 0.15) is 35.5 Å². The fourth-order valence-electron chi connectivity index (χ4n) is 7.78. The van der Waals surface area contributed by atoms with Gasteiger partial charge in [0, 0.05) is 6.42 Å². The molecule has 8 nitrogen and oxygen atoms in total. The van der Waals surface area contributed by atoms with Crippen molar-refractivity contribution in [2.75, 3.05) is 6.61 Å². The summed E-state index contributed by atoms with van der Waals surface area (Å²) in [5.74, 6) is 0.707. The first kappa shape index (κ1) is 39.7. The quantitative estimate of drug-likeness (QED) is 0.0898. The zero-order valence-electron chi connectivity index (χ0n) is 33.1. The van der Waals surface area contributed by atoms with Crippen LogP contribution in [0.5, 0.6) is 0 Å². The Balaban J connectivity index is 1.12. The molecule has 8 aromatic rings. The van der Waals surface area contributed by atoms with Crippen molar-refractivity contribution in [2.24, 2.45) is 0 Å². The van der Waals surface area contributed by atoms with Crippen molar-refractivity contribution in [3.63, 3.8) is 0 Å². The average Bonchev–Trinajstić information content (AvgIpc) is 4.02. The van der Waals surface area contributed by atoms with Gasteiger partial charge in [0.25, 0.3) is 0 Å². The van der Waals surface area contributed by atoms with Gasteiger partial charge < -0.3 is 28.1 Å². The Morgan fingerprint density at radius 1 is 0.517 bits per heavy atom. The summed E-state index contributed by atoms with van der Waals surface area (Å²) in [5.41, 5.74) is 6.32. The number of aromatic nitrogens is 2. The Labute approximate surface area is 354 Å². The van der Waals surface area contributed by atoms with Gasteiger partial charge >= 0.3 is 0 Å². The molecule has 1 saturated heterocycles. The standard InChI is InChI=1S/C51H46N2O6S/c1-5-16-36(17-6-1)31-54-35-45-48(56-32-37-18-7-2-8-19-37)50(58-34-39-22-11-4-12-23-39)49(57-33-38-20-9-3-10-21-38)47(59-45)43-29-40(28-41-24-13-14-25-42(41)43)30-46-52-53-51(60-46)44-26-15-27-55-44/h1-29,45,47-50H,30-35H2/t45-,47+,48-,49+,50+/m1/s1. The number of benzene rings is 6. The van der Waals surface area contributed by atoms with Crippen LogP contribution in [0.1, 0.15) is 44.5 Å². The van der Waals surface area contributed by atoms with Crippen LogP contribution in [0.3, 0.4) is 0 Å². The molecule has 60 heavy (non-hydrogen) atoms. The third-order valence-electron chi connectivity index (χ3n) is 10.7. The molecule has 2 aromatic heterocycles. The van der Waals surface area contributed by atoms with E-state index in [4.69, 9.17) is 28.1 Å². The summed E-state index contributed by atoms with van der Waals surface area (Å²) < 4.78 is 40.6. The van der Waals surface area contributed by atoms with Crippen molar-refractivity contribution >= 4 is 22.1 Å². The lowest BCUT2D eigenvalue weighted by Gasteiger charge is -2.46. The molecule has 9 rings (SSSR count). The lowest BCUT2D eigenvalue weighted by molar-refractivity contribution is -0.274.